The van der Waals surface area contributed by atoms with Gasteiger partial charge >= 0.3 is 0 Å². The zero-order chi connectivity index (χ0) is 15.1. The van der Waals surface area contributed by atoms with Crippen molar-refractivity contribution in [2.75, 3.05) is 5.32 Å². The molecule has 1 aliphatic heterocycles. The van der Waals surface area contributed by atoms with E-state index in [2.05, 4.69) is 36.6 Å². The molecule has 20 heavy (non-hydrogen) atoms. The Balaban J connectivity index is 0.000000956. The van der Waals surface area contributed by atoms with Crippen molar-refractivity contribution in [3.8, 4) is 0 Å². The highest BCUT2D eigenvalue weighted by molar-refractivity contribution is 6.01. The average molecular weight is 276 g/mol. The van der Waals surface area contributed by atoms with Crippen molar-refractivity contribution < 1.29 is 9.59 Å². The van der Waals surface area contributed by atoms with Crippen LogP contribution in [-0.4, -0.2) is 17.9 Å². The van der Waals surface area contributed by atoms with Crippen molar-refractivity contribution in [3.63, 3.8) is 0 Å². The Bertz CT molecular complexity index is 452. The molecule has 1 aliphatic rings. The number of hydrogen-bond acceptors (Lipinski definition) is 3. The van der Waals surface area contributed by atoms with E-state index in [4.69, 9.17) is 0 Å². The highest BCUT2D eigenvalue weighted by atomic mass is 16.2. The molecule has 2 N–H and O–H groups in total. The van der Waals surface area contributed by atoms with E-state index in [1.807, 2.05) is 26.0 Å². The highest BCUT2D eigenvalue weighted by Gasteiger charge is 2.26. The molecule has 1 fully saturated rings. The molecule has 4 nitrogen and oxygen atoms in total. The second-order valence-electron chi connectivity index (χ2n) is 4.92. The molecule has 0 bridgehead atoms. The smallest absolute Gasteiger partial charge is 0.249 e. The van der Waals surface area contributed by atoms with Crippen LogP contribution in [0, 0.1) is 0 Å². The van der Waals surface area contributed by atoms with Gasteiger partial charge in [0.2, 0.25) is 11.8 Å². The molecule has 1 unspecified atom stereocenters. The van der Waals surface area contributed by atoms with Crippen molar-refractivity contribution >= 4 is 17.5 Å². The Kier molecular flexibility index (Phi) is 6.22. The van der Waals surface area contributed by atoms with E-state index in [0.717, 1.165) is 5.69 Å². The van der Waals surface area contributed by atoms with Gasteiger partial charge in [0.25, 0.3) is 0 Å². The molecule has 110 valence electrons. The number of nitrogens with one attached hydrogen (secondary N) is 2. The highest BCUT2D eigenvalue weighted by Crippen LogP contribution is 2.19. The number of anilines is 1. The molecule has 1 heterocycles. The molecule has 0 saturated carbocycles. The average Bonchev–Trinajstić information content (AvgIpc) is 2.45. The number of imide groups is 1. The van der Waals surface area contributed by atoms with Crippen molar-refractivity contribution in [2.45, 2.75) is 52.5 Å². The molecule has 1 atom stereocenters. The second-order valence-corrected chi connectivity index (χ2v) is 4.92. The van der Waals surface area contributed by atoms with Crippen LogP contribution in [0.25, 0.3) is 0 Å². The summed E-state index contributed by atoms with van der Waals surface area (Å²) in [7, 11) is 0. The summed E-state index contributed by atoms with van der Waals surface area (Å²) < 4.78 is 0. The number of hydrogen-bond donors (Lipinski definition) is 2. The lowest BCUT2D eigenvalue weighted by molar-refractivity contribution is -0.133. The Morgan fingerprint density at radius 1 is 1.15 bits per heavy atom. The molecule has 0 aromatic heterocycles. The maximum atomic E-state index is 11.6. The van der Waals surface area contributed by atoms with Gasteiger partial charge in [0.05, 0.1) is 0 Å². The van der Waals surface area contributed by atoms with Crippen LogP contribution < -0.4 is 10.6 Å². The third-order valence-corrected chi connectivity index (χ3v) is 3.16. The molecule has 0 radical (unpaired) electrons. The van der Waals surface area contributed by atoms with Gasteiger partial charge in [0, 0.05) is 12.1 Å². The molecule has 2 rings (SSSR count). The first-order valence-electron chi connectivity index (χ1n) is 7.26. The van der Waals surface area contributed by atoms with Gasteiger partial charge in [-0.3, -0.25) is 14.9 Å². The lowest BCUT2D eigenvalue weighted by Crippen LogP contribution is -2.47. The first-order chi connectivity index (χ1) is 9.56. The summed E-state index contributed by atoms with van der Waals surface area (Å²) in [5.74, 6) is 0.0713. The van der Waals surface area contributed by atoms with Crippen molar-refractivity contribution in [1.82, 2.24) is 5.32 Å². The predicted molar refractivity (Wildman–Crippen MR) is 81.7 cm³/mol. The monoisotopic (exact) mass is 276 g/mol. The minimum absolute atomic E-state index is 0.187. The van der Waals surface area contributed by atoms with Crippen LogP contribution in [0.4, 0.5) is 5.69 Å². The minimum Gasteiger partial charge on any atom is -0.374 e. The van der Waals surface area contributed by atoms with E-state index in [0.29, 0.717) is 18.8 Å². The molecule has 1 aromatic rings. The Morgan fingerprint density at radius 2 is 1.75 bits per heavy atom. The summed E-state index contributed by atoms with van der Waals surface area (Å²) in [6, 6.07) is 7.74. The standard InChI is InChI=1S/C14H18N2O2.C2H6/c1-9(2)10-3-5-11(6-4-10)15-12-7-8-13(17)16-14(12)18;1-2/h3-6,9,12,15H,7-8H2,1-2H3,(H,16,17,18);1-2H3. The number of piperidine rings is 1. The fourth-order valence-electron chi connectivity index (χ4n) is 2.00. The van der Waals surface area contributed by atoms with Crippen LogP contribution in [0.15, 0.2) is 24.3 Å². The molecule has 2 amide bonds. The molecule has 0 aliphatic carbocycles. The molecular weight excluding hydrogens is 252 g/mol. The quantitative estimate of drug-likeness (QED) is 0.834. The normalized spacial score (nSPS) is 18.1. The molecular formula is C16H24N2O2. The van der Waals surface area contributed by atoms with E-state index < -0.39 is 0 Å². The number of carbonyl (C=O) groups is 2. The topological polar surface area (TPSA) is 58.2 Å². The van der Waals surface area contributed by atoms with Crippen molar-refractivity contribution in [2.24, 2.45) is 0 Å². The maximum Gasteiger partial charge on any atom is 0.249 e. The Labute approximate surface area is 121 Å². The summed E-state index contributed by atoms with van der Waals surface area (Å²) in [5.41, 5.74) is 2.18. The van der Waals surface area contributed by atoms with E-state index >= 15 is 0 Å². The fraction of sp³-hybridized carbons (Fsp3) is 0.500. The zero-order valence-corrected chi connectivity index (χ0v) is 12.7. The number of benzene rings is 1. The van der Waals surface area contributed by atoms with Gasteiger partial charge in [0.15, 0.2) is 0 Å². The van der Waals surface area contributed by atoms with Crippen LogP contribution >= 0.6 is 0 Å². The summed E-state index contributed by atoms with van der Waals surface area (Å²) in [6.07, 6.45) is 0.948. The van der Waals surface area contributed by atoms with E-state index in [1.54, 1.807) is 0 Å². The SMILES string of the molecule is CC.CC(C)c1ccc(NC2CCC(=O)NC2=O)cc1. The van der Waals surface area contributed by atoms with E-state index in [9.17, 15) is 9.59 Å². The lowest BCUT2D eigenvalue weighted by Gasteiger charge is -2.23. The van der Waals surface area contributed by atoms with Crippen LogP contribution in [0.5, 0.6) is 0 Å². The fourth-order valence-corrected chi connectivity index (χ4v) is 2.00. The van der Waals surface area contributed by atoms with E-state index in [-0.39, 0.29) is 17.9 Å². The van der Waals surface area contributed by atoms with Gasteiger partial charge in [-0.2, -0.15) is 0 Å². The van der Waals surface area contributed by atoms with Crippen molar-refractivity contribution in [3.05, 3.63) is 29.8 Å². The molecule has 0 spiro atoms. The van der Waals surface area contributed by atoms with Gasteiger partial charge in [-0.25, -0.2) is 0 Å². The number of rotatable bonds is 3. The first kappa shape index (κ1) is 16.2. The molecule has 1 saturated heterocycles. The van der Waals surface area contributed by atoms with Crippen LogP contribution in [-0.2, 0) is 9.59 Å². The second kappa shape index (κ2) is 7.68. The third kappa shape index (κ3) is 4.37. The van der Waals surface area contributed by atoms with Gasteiger partial charge in [-0.1, -0.05) is 39.8 Å². The third-order valence-electron chi connectivity index (χ3n) is 3.16. The van der Waals surface area contributed by atoms with Gasteiger partial charge in [-0.05, 0) is 30.0 Å². The molecule has 4 heteroatoms. The summed E-state index contributed by atoms with van der Waals surface area (Å²) in [6.45, 7) is 8.28. The van der Waals surface area contributed by atoms with Crippen LogP contribution in [0.1, 0.15) is 52.0 Å². The van der Waals surface area contributed by atoms with E-state index in [1.165, 1.54) is 5.56 Å². The minimum atomic E-state index is -0.312. The first-order valence-corrected chi connectivity index (χ1v) is 7.26. The Morgan fingerprint density at radius 3 is 2.25 bits per heavy atom. The lowest BCUT2D eigenvalue weighted by atomic mass is 10.0. The van der Waals surface area contributed by atoms with Crippen LogP contribution in [0.2, 0.25) is 0 Å². The zero-order valence-electron chi connectivity index (χ0n) is 12.7. The van der Waals surface area contributed by atoms with Crippen molar-refractivity contribution in [1.29, 1.82) is 0 Å². The summed E-state index contributed by atoms with van der Waals surface area (Å²) in [4.78, 5) is 22.6. The predicted octanol–water partition coefficient (Wildman–Crippen LogP) is 3.05. The van der Waals surface area contributed by atoms with Crippen LogP contribution in [0.3, 0.4) is 0 Å². The summed E-state index contributed by atoms with van der Waals surface area (Å²) in [5, 5.41) is 5.49. The summed E-state index contributed by atoms with van der Waals surface area (Å²) >= 11 is 0. The number of amides is 2. The van der Waals surface area contributed by atoms with Gasteiger partial charge in [-0.15, -0.1) is 0 Å². The largest absolute Gasteiger partial charge is 0.374 e. The molecule has 1 aromatic carbocycles. The number of carbonyl (C=O) groups excluding carboxylic acids is 2. The Hall–Kier alpha value is -1.84. The maximum absolute atomic E-state index is 11.6. The van der Waals surface area contributed by atoms with Gasteiger partial charge < -0.3 is 5.32 Å². The van der Waals surface area contributed by atoms with Gasteiger partial charge in [0.1, 0.15) is 6.04 Å².